The van der Waals surface area contributed by atoms with Crippen molar-refractivity contribution >= 4 is 32.3 Å². The Balaban J connectivity index is 2.55. The van der Waals surface area contributed by atoms with Crippen molar-refractivity contribution < 1.29 is 0 Å². The summed E-state index contributed by atoms with van der Waals surface area (Å²) in [5.74, 6) is 0. The summed E-state index contributed by atoms with van der Waals surface area (Å²) in [6, 6.07) is 7.05. The topological polar surface area (TPSA) is 45.8 Å². The summed E-state index contributed by atoms with van der Waals surface area (Å²) >= 11 is 8.40. The van der Waals surface area contributed by atoms with Gasteiger partial charge >= 0.3 is 99.3 Å². The Morgan fingerprint density at radius 1 is 1.27 bits per heavy atom. The molecule has 0 unspecified atom stereocenters. The van der Waals surface area contributed by atoms with Gasteiger partial charge in [0.2, 0.25) is 0 Å². The van der Waals surface area contributed by atoms with Crippen LogP contribution in [0.15, 0.2) is 35.3 Å². The fourth-order valence-electron chi connectivity index (χ4n) is 1.21. The summed E-state index contributed by atoms with van der Waals surface area (Å²) in [6.07, 6.45) is 1.54. The van der Waals surface area contributed by atoms with Crippen LogP contribution in [0.1, 0.15) is 0 Å². The molecule has 5 heteroatoms. The van der Waals surface area contributed by atoms with E-state index in [1.54, 1.807) is 24.3 Å². The van der Waals surface area contributed by atoms with Crippen molar-refractivity contribution in [3.05, 3.63) is 45.8 Å². The normalized spacial score (nSPS) is 10.2. The first-order valence-electron chi connectivity index (χ1n) is 4.19. The van der Waals surface area contributed by atoms with Crippen LogP contribution in [-0.2, 0) is 0 Å². The molecule has 75 valence electrons. The Bertz CT molecular complexity index is 536. The Kier molecular flexibility index (Phi) is 2.91. The number of nitrogens with one attached hydrogen (secondary N) is 1. The van der Waals surface area contributed by atoms with E-state index in [1.165, 1.54) is 6.20 Å². The Morgan fingerprint density at radius 3 is 2.53 bits per heavy atom. The molecule has 1 heterocycles. The minimum absolute atomic E-state index is 0.166. The first kappa shape index (κ1) is 10.4. The van der Waals surface area contributed by atoms with E-state index in [4.69, 9.17) is 11.6 Å². The molecule has 1 aromatic heterocycles. The van der Waals surface area contributed by atoms with Crippen LogP contribution < -0.4 is 10.3 Å². The number of benzene rings is 1. The van der Waals surface area contributed by atoms with Gasteiger partial charge in [-0.25, -0.2) is 0 Å². The molecule has 0 saturated heterocycles. The number of nitrogens with zero attached hydrogens (tertiary/aromatic N) is 1. The van der Waals surface area contributed by atoms with Gasteiger partial charge in [0, 0.05) is 0 Å². The molecular weight excluding hydrogens is 279 g/mol. The number of halogens is 1. The zero-order chi connectivity index (χ0) is 10.8. The van der Waals surface area contributed by atoms with E-state index >= 15 is 0 Å². The zero-order valence-electron chi connectivity index (χ0n) is 7.53. The molecule has 2 aromatic rings. The summed E-state index contributed by atoms with van der Waals surface area (Å²) < 4.78 is 0.484. The van der Waals surface area contributed by atoms with Crippen LogP contribution in [0, 0.1) is 0 Å². The van der Waals surface area contributed by atoms with Crippen molar-refractivity contribution in [3.63, 3.8) is 0 Å². The molecule has 0 aliphatic rings. The van der Waals surface area contributed by atoms with Crippen LogP contribution in [0.2, 0.25) is 5.02 Å². The van der Waals surface area contributed by atoms with Gasteiger partial charge in [-0.05, 0) is 0 Å². The SMILES string of the molecule is O=c1[nH]c([Se])ncc1-c1ccc(Cl)cc1. The van der Waals surface area contributed by atoms with Crippen molar-refractivity contribution in [3.8, 4) is 11.1 Å². The van der Waals surface area contributed by atoms with Crippen LogP contribution in [-0.4, -0.2) is 26.0 Å². The van der Waals surface area contributed by atoms with E-state index in [1.807, 2.05) is 0 Å². The second kappa shape index (κ2) is 4.19. The third-order valence-corrected chi connectivity index (χ3v) is 2.62. The van der Waals surface area contributed by atoms with Gasteiger partial charge < -0.3 is 0 Å². The molecule has 0 aliphatic heterocycles. The summed E-state index contributed by atoms with van der Waals surface area (Å²) in [7, 11) is 0. The molecular formula is C10H6ClN2OSe. The van der Waals surface area contributed by atoms with Gasteiger partial charge in [0.25, 0.3) is 0 Å². The van der Waals surface area contributed by atoms with E-state index < -0.39 is 0 Å². The first-order chi connectivity index (χ1) is 7.16. The molecule has 1 N–H and O–H groups in total. The Labute approximate surface area is 99.3 Å². The summed E-state index contributed by atoms with van der Waals surface area (Å²) in [5, 5.41) is 0.642. The standard InChI is InChI=1S/C10H6ClN2OSe/c11-7-3-1-6(2-4-7)8-5-12-10(15)13-9(8)14/h1-5H,(H,12,13,14). The van der Waals surface area contributed by atoms with E-state index in [-0.39, 0.29) is 5.56 Å². The molecule has 0 amide bonds. The summed E-state index contributed by atoms with van der Waals surface area (Å²) in [6.45, 7) is 0. The average Bonchev–Trinajstić information content (AvgIpc) is 2.20. The fourth-order valence-corrected chi connectivity index (χ4v) is 1.64. The monoisotopic (exact) mass is 285 g/mol. The predicted molar refractivity (Wildman–Crippen MR) is 60.7 cm³/mol. The molecule has 0 spiro atoms. The number of hydrogen-bond acceptors (Lipinski definition) is 2. The third kappa shape index (κ3) is 2.29. The quantitative estimate of drug-likeness (QED) is 0.791. The first-order valence-corrected chi connectivity index (χ1v) is 5.42. The van der Waals surface area contributed by atoms with Crippen LogP contribution >= 0.6 is 11.6 Å². The molecule has 0 bridgehead atoms. The Morgan fingerprint density at radius 2 is 1.93 bits per heavy atom. The number of H-pyrrole nitrogens is 1. The second-order valence-electron chi connectivity index (χ2n) is 2.94. The predicted octanol–water partition coefficient (Wildman–Crippen LogP) is 0.884. The van der Waals surface area contributed by atoms with Crippen molar-refractivity contribution in [2.75, 3.05) is 0 Å². The third-order valence-electron chi connectivity index (χ3n) is 1.93. The van der Waals surface area contributed by atoms with Gasteiger partial charge in [0.05, 0.1) is 0 Å². The summed E-state index contributed by atoms with van der Waals surface area (Å²) in [5.41, 5.74) is 1.17. The van der Waals surface area contributed by atoms with Gasteiger partial charge in [-0.1, -0.05) is 0 Å². The van der Waals surface area contributed by atoms with Crippen molar-refractivity contribution in [2.24, 2.45) is 0 Å². The molecule has 0 aliphatic carbocycles. The van der Waals surface area contributed by atoms with E-state index in [2.05, 4.69) is 26.0 Å². The average molecular weight is 285 g/mol. The molecule has 2 rings (SSSR count). The molecule has 1 aromatic carbocycles. The van der Waals surface area contributed by atoms with E-state index in [0.29, 0.717) is 15.3 Å². The van der Waals surface area contributed by atoms with Crippen molar-refractivity contribution in [2.45, 2.75) is 0 Å². The molecule has 3 nitrogen and oxygen atoms in total. The van der Waals surface area contributed by atoms with Gasteiger partial charge in [-0.3, -0.25) is 0 Å². The van der Waals surface area contributed by atoms with Gasteiger partial charge in [0.15, 0.2) is 0 Å². The van der Waals surface area contributed by atoms with E-state index in [0.717, 1.165) is 5.56 Å². The zero-order valence-corrected chi connectivity index (χ0v) is 10.00. The maximum absolute atomic E-state index is 11.6. The van der Waals surface area contributed by atoms with Crippen LogP contribution in [0.25, 0.3) is 11.1 Å². The maximum atomic E-state index is 11.6. The number of hydrogen-bond donors (Lipinski definition) is 1. The van der Waals surface area contributed by atoms with Gasteiger partial charge in [0.1, 0.15) is 0 Å². The molecule has 1 radical (unpaired) electrons. The minimum atomic E-state index is -0.166. The van der Waals surface area contributed by atoms with Crippen molar-refractivity contribution in [1.82, 2.24) is 9.97 Å². The molecule has 0 saturated carbocycles. The van der Waals surface area contributed by atoms with Gasteiger partial charge in [-0.15, -0.1) is 0 Å². The van der Waals surface area contributed by atoms with Crippen LogP contribution in [0.3, 0.4) is 0 Å². The second-order valence-corrected chi connectivity index (χ2v) is 4.19. The molecule has 0 atom stereocenters. The fraction of sp³-hybridized carbons (Fsp3) is 0. The van der Waals surface area contributed by atoms with Gasteiger partial charge in [-0.2, -0.15) is 0 Å². The number of aromatic nitrogens is 2. The molecule has 15 heavy (non-hydrogen) atoms. The summed E-state index contributed by atoms with van der Waals surface area (Å²) in [4.78, 5) is 18.2. The molecule has 0 fully saturated rings. The van der Waals surface area contributed by atoms with Crippen LogP contribution in [0.4, 0.5) is 0 Å². The number of rotatable bonds is 1. The number of aromatic amines is 1. The Hall–Kier alpha value is -1.09. The van der Waals surface area contributed by atoms with Crippen LogP contribution in [0.5, 0.6) is 0 Å². The van der Waals surface area contributed by atoms with E-state index in [9.17, 15) is 4.79 Å². The van der Waals surface area contributed by atoms with Crippen molar-refractivity contribution in [1.29, 1.82) is 0 Å².